The van der Waals surface area contributed by atoms with Crippen LogP contribution in [0.3, 0.4) is 0 Å². The molecule has 1 aliphatic rings. The third-order valence-electron chi connectivity index (χ3n) is 3.72. The van der Waals surface area contributed by atoms with Gasteiger partial charge in [-0.1, -0.05) is 48.5 Å². The van der Waals surface area contributed by atoms with E-state index in [4.69, 9.17) is 0 Å². The molecule has 0 radical (unpaired) electrons. The molecular weight excluding hydrogens is 264 g/mol. The molecule has 4 nitrogen and oxygen atoms in total. The van der Waals surface area contributed by atoms with Crippen molar-refractivity contribution in [2.24, 2.45) is 5.92 Å². The highest BCUT2D eigenvalue weighted by Crippen LogP contribution is 2.38. The summed E-state index contributed by atoms with van der Waals surface area (Å²) in [5, 5.41) is 19.4. The first-order chi connectivity index (χ1) is 10.2. The lowest BCUT2D eigenvalue weighted by atomic mass is 9.89. The number of anilines is 1. The number of carbonyl (C=O) groups is 1. The van der Waals surface area contributed by atoms with Crippen molar-refractivity contribution < 1.29 is 9.90 Å². The Morgan fingerprint density at radius 1 is 1.10 bits per heavy atom. The number of benzene rings is 2. The standard InChI is InChI=1S/C17H14N2O2/c18-10-14-16(20)13-8-4-5-9-15(13)19(17(14)21)11-12-6-2-1-3-7-12/h1-9,14,16,20H,11H2/t14-,16+/m0/s1. The molecule has 0 aromatic heterocycles. The summed E-state index contributed by atoms with van der Waals surface area (Å²) in [6, 6.07) is 18.7. The van der Waals surface area contributed by atoms with Gasteiger partial charge in [0.1, 0.15) is 6.10 Å². The van der Waals surface area contributed by atoms with Gasteiger partial charge in [-0.2, -0.15) is 5.26 Å². The summed E-state index contributed by atoms with van der Waals surface area (Å²) < 4.78 is 0. The van der Waals surface area contributed by atoms with Crippen LogP contribution >= 0.6 is 0 Å². The lowest BCUT2D eigenvalue weighted by Gasteiger charge is -2.34. The van der Waals surface area contributed by atoms with E-state index in [1.807, 2.05) is 42.5 Å². The van der Waals surface area contributed by atoms with Gasteiger partial charge in [0.25, 0.3) is 0 Å². The van der Waals surface area contributed by atoms with Crippen molar-refractivity contribution in [2.75, 3.05) is 4.90 Å². The molecule has 0 spiro atoms. The van der Waals surface area contributed by atoms with Gasteiger partial charge in [-0.3, -0.25) is 4.79 Å². The first kappa shape index (κ1) is 13.3. The Morgan fingerprint density at radius 3 is 2.48 bits per heavy atom. The third-order valence-corrected chi connectivity index (χ3v) is 3.72. The number of nitrogens with zero attached hydrogens (tertiary/aromatic N) is 2. The van der Waals surface area contributed by atoms with E-state index in [9.17, 15) is 15.2 Å². The fourth-order valence-corrected chi connectivity index (χ4v) is 2.64. The van der Waals surface area contributed by atoms with Crippen LogP contribution < -0.4 is 4.90 Å². The summed E-state index contributed by atoms with van der Waals surface area (Å²) in [4.78, 5) is 14.1. The minimum absolute atomic E-state index is 0.354. The maximum Gasteiger partial charge on any atom is 0.247 e. The highest BCUT2D eigenvalue weighted by molar-refractivity contribution is 6.00. The lowest BCUT2D eigenvalue weighted by Crippen LogP contribution is -2.42. The summed E-state index contributed by atoms with van der Waals surface area (Å²) >= 11 is 0. The Hall–Kier alpha value is -2.64. The van der Waals surface area contributed by atoms with Gasteiger partial charge in [-0.25, -0.2) is 0 Å². The fourth-order valence-electron chi connectivity index (χ4n) is 2.64. The van der Waals surface area contributed by atoms with Crippen LogP contribution in [-0.4, -0.2) is 11.0 Å². The Balaban J connectivity index is 2.04. The van der Waals surface area contributed by atoms with Crippen LogP contribution in [0.1, 0.15) is 17.2 Å². The average molecular weight is 278 g/mol. The summed E-state index contributed by atoms with van der Waals surface area (Å²) in [5.74, 6) is -1.41. The number of nitriles is 1. The molecule has 2 aromatic rings. The number of aliphatic hydroxyl groups is 1. The molecule has 0 saturated heterocycles. The molecule has 0 fully saturated rings. The van der Waals surface area contributed by atoms with E-state index in [1.165, 1.54) is 0 Å². The maximum absolute atomic E-state index is 12.5. The number of para-hydroxylation sites is 1. The number of carbonyl (C=O) groups excluding carboxylic acids is 1. The largest absolute Gasteiger partial charge is 0.386 e. The average Bonchev–Trinajstić information content (AvgIpc) is 2.53. The molecule has 1 N–H and O–H groups in total. The van der Waals surface area contributed by atoms with Crippen LogP contribution in [0.15, 0.2) is 54.6 Å². The van der Waals surface area contributed by atoms with E-state index in [2.05, 4.69) is 0 Å². The van der Waals surface area contributed by atoms with E-state index in [0.29, 0.717) is 17.8 Å². The quantitative estimate of drug-likeness (QED) is 0.917. The van der Waals surface area contributed by atoms with Crippen molar-refractivity contribution >= 4 is 11.6 Å². The third kappa shape index (κ3) is 2.28. The van der Waals surface area contributed by atoms with Crippen LogP contribution in [0, 0.1) is 17.2 Å². The van der Waals surface area contributed by atoms with Crippen molar-refractivity contribution in [3.63, 3.8) is 0 Å². The monoisotopic (exact) mass is 278 g/mol. The molecule has 21 heavy (non-hydrogen) atoms. The van der Waals surface area contributed by atoms with Gasteiger partial charge < -0.3 is 10.0 Å². The van der Waals surface area contributed by atoms with Gasteiger partial charge in [0.05, 0.1) is 12.6 Å². The Labute approximate surface area is 122 Å². The van der Waals surface area contributed by atoms with Crippen molar-refractivity contribution in [1.29, 1.82) is 5.26 Å². The van der Waals surface area contributed by atoms with Crippen molar-refractivity contribution in [2.45, 2.75) is 12.6 Å². The molecule has 4 heteroatoms. The molecule has 0 unspecified atom stereocenters. The topological polar surface area (TPSA) is 64.3 Å². The summed E-state index contributed by atoms with van der Waals surface area (Å²) in [6.45, 7) is 0.390. The molecule has 0 aliphatic carbocycles. The minimum Gasteiger partial charge on any atom is -0.386 e. The van der Waals surface area contributed by atoms with Crippen molar-refractivity contribution in [3.8, 4) is 6.07 Å². The number of amides is 1. The Kier molecular flexibility index (Phi) is 3.43. The minimum atomic E-state index is -1.06. The van der Waals surface area contributed by atoms with Crippen LogP contribution in [-0.2, 0) is 11.3 Å². The summed E-state index contributed by atoms with van der Waals surface area (Å²) in [7, 11) is 0. The smallest absolute Gasteiger partial charge is 0.247 e. The normalized spacial score (nSPS) is 20.8. The first-order valence-corrected chi connectivity index (χ1v) is 6.74. The highest BCUT2D eigenvalue weighted by Gasteiger charge is 2.39. The molecule has 2 aromatic carbocycles. The molecular formula is C17H14N2O2. The molecule has 0 saturated carbocycles. The highest BCUT2D eigenvalue weighted by atomic mass is 16.3. The second-order valence-corrected chi connectivity index (χ2v) is 5.02. The number of hydrogen-bond acceptors (Lipinski definition) is 3. The van der Waals surface area contributed by atoms with Gasteiger partial charge in [0.2, 0.25) is 5.91 Å². The Bertz CT molecular complexity index is 706. The van der Waals surface area contributed by atoms with E-state index in [-0.39, 0.29) is 5.91 Å². The van der Waals surface area contributed by atoms with Crippen molar-refractivity contribution in [1.82, 2.24) is 0 Å². The van der Waals surface area contributed by atoms with Crippen LogP contribution in [0.25, 0.3) is 0 Å². The molecule has 3 rings (SSSR count). The predicted molar refractivity (Wildman–Crippen MR) is 78.1 cm³/mol. The van der Waals surface area contributed by atoms with Gasteiger partial charge in [-0.05, 0) is 11.6 Å². The second-order valence-electron chi connectivity index (χ2n) is 5.02. The van der Waals surface area contributed by atoms with E-state index in [1.54, 1.807) is 23.1 Å². The number of rotatable bonds is 2. The number of hydrogen-bond donors (Lipinski definition) is 1. The zero-order valence-electron chi connectivity index (χ0n) is 11.3. The van der Waals surface area contributed by atoms with E-state index >= 15 is 0 Å². The van der Waals surface area contributed by atoms with Gasteiger partial charge in [-0.15, -0.1) is 0 Å². The lowest BCUT2D eigenvalue weighted by molar-refractivity contribution is -0.124. The number of fused-ring (bicyclic) bond motifs is 1. The molecule has 0 bridgehead atoms. The molecule has 2 atom stereocenters. The van der Waals surface area contributed by atoms with Gasteiger partial charge in [0, 0.05) is 11.3 Å². The SMILES string of the molecule is N#C[C@@H]1C(=O)N(Cc2ccccc2)c2ccccc2[C@H]1O. The van der Waals surface area contributed by atoms with Crippen molar-refractivity contribution in [3.05, 3.63) is 65.7 Å². The summed E-state index contributed by atoms with van der Waals surface area (Å²) in [5.41, 5.74) is 2.28. The molecule has 1 heterocycles. The maximum atomic E-state index is 12.5. The van der Waals surface area contributed by atoms with Crippen LogP contribution in [0.2, 0.25) is 0 Å². The second kappa shape index (κ2) is 5.39. The van der Waals surface area contributed by atoms with E-state index in [0.717, 1.165) is 5.56 Å². The van der Waals surface area contributed by atoms with E-state index < -0.39 is 12.0 Å². The zero-order chi connectivity index (χ0) is 14.8. The zero-order valence-corrected chi connectivity index (χ0v) is 11.3. The molecule has 1 amide bonds. The Morgan fingerprint density at radius 2 is 1.76 bits per heavy atom. The number of aliphatic hydroxyl groups excluding tert-OH is 1. The first-order valence-electron chi connectivity index (χ1n) is 6.74. The van der Waals surface area contributed by atoms with Gasteiger partial charge in [0.15, 0.2) is 5.92 Å². The van der Waals surface area contributed by atoms with Gasteiger partial charge >= 0.3 is 0 Å². The summed E-state index contributed by atoms with van der Waals surface area (Å²) in [6.07, 6.45) is -1.06. The van der Waals surface area contributed by atoms with Crippen LogP contribution in [0.5, 0.6) is 0 Å². The van der Waals surface area contributed by atoms with Crippen LogP contribution in [0.4, 0.5) is 5.69 Å². The molecule has 104 valence electrons. The predicted octanol–water partition coefficient (Wildman–Crippen LogP) is 2.41. The molecule has 1 aliphatic heterocycles. The fraction of sp³-hybridized carbons (Fsp3) is 0.176.